The van der Waals surface area contributed by atoms with E-state index in [-0.39, 0.29) is 38.9 Å². The Morgan fingerprint density at radius 2 is 1.68 bits per heavy atom. The average molecular weight is 638 g/mol. The molecular formula is C26H51N7O11. The minimum absolute atomic E-state index is 0.00258. The predicted octanol–water partition coefficient (Wildman–Crippen LogP) is -8.06. The van der Waals surface area contributed by atoms with Gasteiger partial charge in [-0.05, 0) is 25.8 Å². The second-order valence-corrected chi connectivity index (χ2v) is 12.6. The van der Waals surface area contributed by atoms with Gasteiger partial charge in [-0.15, -0.1) is 0 Å². The van der Waals surface area contributed by atoms with E-state index in [1.807, 2.05) is 0 Å². The molecule has 44 heavy (non-hydrogen) atoms. The van der Waals surface area contributed by atoms with E-state index in [0.29, 0.717) is 6.42 Å². The van der Waals surface area contributed by atoms with Crippen molar-refractivity contribution in [1.29, 1.82) is 0 Å². The highest BCUT2D eigenvalue weighted by molar-refractivity contribution is 5.89. The molecule has 2 heterocycles. The van der Waals surface area contributed by atoms with Gasteiger partial charge in [0.15, 0.2) is 11.9 Å². The highest BCUT2D eigenvalue weighted by Crippen LogP contribution is 2.39. The van der Waals surface area contributed by atoms with E-state index in [1.54, 1.807) is 0 Å². The van der Waals surface area contributed by atoms with Crippen molar-refractivity contribution in [2.45, 2.75) is 123 Å². The summed E-state index contributed by atoms with van der Waals surface area (Å²) in [6.45, 7) is -0.297. The first-order chi connectivity index (χ1) is 20.8. The lowest BCUT2D eigenvalue weighted by Gasteiger charge is -2.52. The summed E-state index contributed by atoms with van der Waals surface area (Å²) >= 11 is 0. The molecule has 18 heteroatoms. The maximum Gasteiger partial charge on any atom is 0.253 e. The molecule has 2 saturated heterocycles. The minimum Gasteiger partial charge on any atom is -0.394 e. The summed E-state index contributed by atoms with van der Waals surface area (Å²) in [5.41, 5.74) is 27.9. The highest BCUT2D eigenvalue weighted by atomic mass is 16.7. The van der Waals surface area contributed by atoms with Crippen molar-refractivity contribution < 1.29 is 54.8 Å². The van der Waals surface area contributed by atoms with E-state index in [9.17, 15) is 40.5 Å². The fraction of sp³-hybridized carbons (Fsp3) is 0.962. The maximum absolute atomic E-state index is 13.0. The molecule has 4 rings (SSSR count). The van der Waals surface area contributed by atoms with E-state index in [4.69, 9.17) is 42.9 Å². The van der Waals surface area contributed by atoms with Gasteiger partial charge in [0.25, 0.3) is 5.91 Å². The van der Waals surface area contributed by atoms with Crippen molar-refractivity contribution in [2.75, 3.05) is 26.2 Å². The van der Waals surface area contributed by atoms with E-state index in [0.717, 1.165) is 0 Å². The lowest BCUT2D eigenvalue weighted by Crippen LogP contribution is -2.70. The van der Waals surface area contributed by atoms with Gasteiger partial charge in [0, 0.05) is 43.6 Å². The van der Waals surface area contributed by atoms with Crippen LogP contribution in [0.5, 0.6) is 0 Å². The molecule has 0 spiro atoms. The third-order valence-corrected chi connectivity index (χ3v) is 9.45. The lowest BCUT2D eigenvalue weighted by atomic mass is 9.71. The molecule has 1 amide bonds. The maximum atomic E-state index is 13.0. The summed E-state index contributed by atoms with van der Waals surface area (Å²) in [5.74, 6) is -1.70. The molecule has 0 radical (unpaired) electrons. The van der Waals surface area contributed by atoms with Crippen LogP contribution >= 0.6 is 0 Å². The van der Waals surface area contributed by atoms with Crippen LogP contribution in [0.2, 0.25) is 0 Å². The van der Waals surface area contributed by atoms with Crippen LogP contribution in [-0.4, -0.2) is 165 Å². The molecular weight excluding hydrogens is 586 g/mol. The molecule has 4 aliphatic rings. The molecule has 0 bridgehead atoms. The van der Waals surface area contributed by atoms with Crippen molar-refractivity contribution in [3.8, 4) is 0 Å². The number of ether oxygens (including phenoxy) is 3. The Labute approximate surface area is 255 Å². The monoisotopic (exact) mass is 637 g/mol. The molecule has 0 aromatic rings. The number of hydrogen-bond donors (Lipinski definition) is 14. The van der Waals surface area contributed by atoms with Crippen LogP contribution in [0.1, 0.15) is 25.7 Å². The van der Waals surface area contributed by atoms with Crippen LogP contribution < -0.4 is 39.3 Å². The number of rotatable bonds is 12. The third-order valence-electron chi connectivity index (χ3n) is 9.45. The van der Waals surface area contributed by atoms with Crippen LogP contribution in [0.4, 0.5) is 0 Å². The van der Waals surface area contributed by atoms with Crippen molar-refractivity contribution >= 4 is 5.91 Å². The standard InChI is InChI=1S/C26H51N7O11/c27-2-1-9(35)7-32-11-4-13(36)14(6-28)42-22(11)17-10(29)3-12(33-25(40)26(41)5-16(26)30)23(20(17)38)44-24-21(39)18(31)19(37)15(8-34)43-24/h9-24,32,34-39,41H,1-8,27-31H2,(H,33,40)/t9?,10-,11+,12+,13-,14+,15+,16?,17?,18-,19+,20-,21+,22-,23-,24+,26?/m0/s1. The zero-order chi connectivity index (χ0) is 32.5. The Hall–Kier alpha value is -1.17. The van der Waals surface area contributed by atoms with Gasteiger partial charge in [-0.3, -0.25) is 4.79 Å². The second-order valence-electron chi connectivity index (χ2n) is 12.6. The van der Waals surface area contributed by atoms with Gasteiger partial charge < -0.3 is 89.3 Å². The number of aliphatic hydroxyl groups excluding tert-OH is 6. The topological polar surface area (TPSA) is 341 Å². The summed E-state index contributed by atoms with van der Waals surface area (Å²) < 4.78 is 17.9. The quantitative estimate of drug-likeness (QED) is 0.0944. The van der Waals surface area contributed by atoms with E-state index < -0.39 is 115 Å². The number of carbonyl (C=O) groups excluding carboxylic acids is 1. The van der Waals surface area contributed by atoms with Gasteiger partial charge >= 0.3 is 0 Å². The molecule has 2 aliphatic heterocycles. The van der Waals surface area contributed by atoms with Crippen LogP contribution in [0.3, 0.4) is 0 Å². The third kappa shape index (κ3) is 7.36. The van der Waals surface area contributed by atoms with Crippen molar-refractivity contribution in [3.05, 3.63) is 0 Å². The first-order valence-corrected chi connectivity index (χ1v) is 15.2. The number of nitrogens with two attached hydrogens (primary N) is 5. The fourth-order valence-corrected chi connectivity index (χ4v) is 6.55. The lowest BCUT2D eigenvalue weighted by molar-refractivity contribution is -0.307. The van der Waals surface area contributed by atoms with Gasteiger partial charge in [0.05, 0.1) is 49.2 Å². The zero-order valence-electron chi connectivity index (χ0n) is 24.5. The Balaban J connectivity index is 1.62. The van der Waals surface area contributed by atoms with Gasteiger partial charge in [-0.25, -0.2) is 0 Å². The summed E-state index contributed by atoms with van der Waals surface area (Å²) in [4.78, 5) is 13.0. The van der Waals surface area contributed by atoms with Crippen LogP contribution in [0.15, 0.2) is 0 Å². The number of amides is 1. The summed E-state index contributed by atoms with van der Waals surface area (Å²) in [6.07, 6.45) is -11.5. The first kappa shape index (κ1) is 35.7. The van der Waals surface area contributed by atoms with Gasteiger partial charge in [0.1, 0.15) is 24.4 Å². The van der Waals surface area contributed by atoms with Crippen molar-refractivity contribution in [2.24, 2.45) is 34.6 Å². The van der Waals surface area contributed by atoms with Gasteiger partial charge in [0.2, 0.25) is 0 Å². The molecule has 18 nitrogen and oxygen atoms in total. The zero-order valence-corrected chi connectivity index (χ0v) is 24.5. The highest BCUT2D eigenvalue weighted by Gasteiger charge is 2.59. The molecule has 4 fully saturated rings. The van der Waals surface area contributed by atoms with E-state index in [1.165, 1.54) is 0 Å². The van der Waals surface area contributed by atoms with E-state index >= 15 is 0 Å². The van der Waals surface area contributed by atoms with Crippen LogP contribution in [0.25, 0.3) is 0 Å². The normalized spacial score (nSPS) is 48.5. The number of carbonyl (C=O) groups is 1. The van der Waals surface area contributed by atoms with Crippen LogP contribution in [0, 0.1) is 5.92 Å². The van der Waals surface area contributed by atoms with Gasteiger partial charge in [-0.2, -0.15) is 0 Å². The van der Waals surface area contributed by atoms with Crippen molar-refractivity contribution in [1.82, 2.24) is 10.6 Å². The molecule has 4 unspecified atom stereocenters. The van der Waals surface area contributed by atoms with E-state index in [2.05, 4.69) is 10.6 Å². The fourth-order valence-electron chi connectivity index (χ4n) is 6.55. The van der Waals surface area contributed by atoms with Crippen LogP contribution in [-0.2, 0) is 19.0 Å². The Bertz CT molecular complexity index is 958. The Morgan fingerprint density at radius 3 is 2.27 bits per heavy atom. The average Bonchev–Trinajstić information content (AvgIpc) is 3.61. The Morgan fingerprint density at radius 1 is 1.00 bits per heavy atom. The number of nitrogens with one attached hydrogen (secondary N) is 2. The van der Waals surface area contributed by atoms with Crippen molar-refractivity contribution in [3.63, 3.8) is 0 Å². The molecule has 2 aliphatic carbocycles. The second kappa shape index (κ2) is 14.7. The Kier molecular flexibility index (Phi) is 11.9. The first-order valence-electron chi connectivity index (χ1n) is 15.2. The molecule has 17 atom stereocenters. The minimum atomic E-state index is -1.80. The number of hydrogen-bond acceptors (Lipinski definition) is 17. The summed E-state index contributed by atoms with van der Waals surface area (Å²) in [5, 5.41) is 79.9. The molecule has 0 aromatic heterocycles. The smallest absolute Gasteiger partial charge is 0.253 e. The number of aliphatic hydroxyl groups is 7. The summed E-state index contributed by atoms with van der Waals surface area (Å²) in [7, 11) is 0. The molecule has 2 saturated carbocycles. The SMILES string of the molecule is NCCC(O)CN[C@@H]1C[C@H](O)[C@@H](CN)O[C@@H]1C1[C@@H](N)C[C@@H](NC(=O)C2(O)CC2N)[C@H](O[C@H]2O[C@H](CO)[C@@H](O)[C@H](N)[C@H]2O)[C@H]1O. The predicted molar refractivity (Wildman–Crippen MR) is 152 cm³/mol. The largest absolute Gasteiger partial charge is 0.394 e. The molecule has 0 aromatic carbocycles. The molecule has 256 valence electrons. The van der Waals surface area contributed by atoms with Gasteiger partial charge in [-0.1, -0.05) is 0 Å². The molecule has 19 N–H and O–H groups in total. The summed E-state index contributed by atoms with van der Waals surface area (Å²) in [6, 6.07) is -4.51.